The van der Waals surface area contributed by atoms with Crippen molar-refractivity contribution >= 4 is 11.8 Å². The Labute approximate surface area is 82.8 Å². The van der Waals surface area contributed by atoms with E-state index in [-0.39, 0.29) is 11.8 Å². The summed E-state index contributed by atoms with van der Waals surface area (Å²) in [6, 6.07) is 0.315. The smallest absolute Gasteiger partial charge is 0.231 e. The second kappa shape index (κ2) is 3.57. The molecule has 0 radical (unpaired) electrons. The molecule has 0 aromatic carbocycles. The summed E-state index contributed by atoms with van der Waals surface area (Å²) in [6.07, 6.45) is 1.59. The van der Waals surface area contributed by atoms with Gasteiger partial charge in [-0.05, 0) is 6.42 Å². The van der Waals surface area contributed by atoms with E-state index in [4.69, 9.17) is 5.73 Å². The summed E-state index contributed by atoms with van der Waals surface area (Å²) in [5.41, 5.74) is 5.13. The molecule has 2 fully saturated rings. The zero-order valence-electron chi connectivity index (χ0n) is 8.11. The summed E-state index contributed by atoms with van der Waals surface area (Å²) in [4.78, 5) is 26.0. The van der Waals surface area contributed by atoms with Gasteiger partial charge in [-0.15, -0.1) is 0 Å². The first kappa shape index (κ1) is 9.45. The van der Waals surface area contributed by atoms with Crippen LogP contribution in [0.2, 0.25) is 0 Å². The molecule has 14 heavy (non-hydrogen) atoms. The van der Waals surface area contributed by atoms with Crippen LogP contribution in [0.4, 0.5) is 0 Å². The topological polar surface area (TPSA) is 66.6 Å². The SMILES string of the molecule is NC(=O)CN1CCN2C(=O)CCC2C1. The number of nitrogens with zero attached hydrogens (tertiary/aromatic N) is 2. The summed E-state index contributed by atoms with van der Waals surface area (Å²) < 4.78 is 0. The normalized spacial score (nSPS) is 27.9. The van der Waals surface area contributed by atoms with E-state index in [1.165, 1.54) is 0 Å². The lowest BCUT2D eigenvalue weighted by Gasteiger charge is -2.36. The highest BCUT2D eigenvalue weighted by molar-refractivity contribution is 5.79. The molecule has 2 aliphatic heterocycles. The van der Waals surface area contributed by atoms with Gasteiger partial charge in [0.15, 0.2) is 0 Å². The van der Waals surface area contributed by atoms with E-state index in [1.54, 1.807) is 0 Å². The van der Waals surface area contributed by atoms with Crippen LogP contribution in [-0.4, -0.2) is 53.8 Å². The van der Waals surface area contributed by atoms with Crippen LogP contribution in [-0.2, 0) is 9.59 Å². The zero-order valence-corrected chi connectivity index (χ0v) is 8.11. The molecule has 0 bridgehead atoms. The van der Waals surface area contributed by atoms with Crippen molar-refractivity contribution in [2.75, 3.05) is 26.2 Å². The first-order valence-electron chi connectivity index (χ1n) is 4.97. The standard InChI is InChI=1S/C9H15N3O2/c10-8(13)6-11-3-4-12-7(5-11)1-2-9(12)14/h7H,1-6H2,(H2,10,13). The summed E-state index contributed by atoms with van der Waals surface area (Å²) in [5.74, 6) is -0.0310. The number of carbonyl (C=O) groups is 2. The molecule has 0 spiro atoms. The predicted octanol–water partition coefficient (Wildman–Crippen LogP) is -1.22. The van der Waals surface area contributed by atoms with Crippen LogP contribution in [0, 0.1) is 0 Å². The Morgan fingerprint density at radius 2 is 2.29 bits per heavy atom. The second-order valence-corrected chi connectivity index (χ2v) is 3.98. The molecule has 2 aliphatic rings. The van der Waals surface area contributed by atoms with Crippen molar-refractivity contribution < 1.29 is 9.59 Å². The fourth-order valence-corrected chi connectivity index (χ4v) is 2.29. The highest BCUT2D eigenvalue weighted by Crippen LogP contribution is 2.22. The molecule has 5 nitrogen and oxygen atoms in total. The summed E-state index contributed by atoms with van der Waals surface area (Å²) >= 11 is 0. The molecule has 1 atom stereocenters. The Morgan fingerprint density at radius 3 is 3.00 bits per heavy atom. The van der Waals surface area contributed by atoms with Crippen molar-refractivity contribution in [3.05, 3.63) is 0 Å². The molecule has 2 heterocycles. The first-order valence-corrected chi connectivity index (χ1v) is 4.97. The van der Waals surface area contributed by atoms with Gasteiger partial charge in [-0.25, -0.2) is 0 Å². The Bertz CT molecular complexity index is 267. The molecule has 0 aliphatic carbocycles. The van der Waals surface area contributed by atoms with Gasteiger partial charge in [-0.3, -0.25) is 14.5 Å². The van der Waals surface area contributed by atoms with Crippen molar-refractivity contribution in [1.82, 2.24) is 9.80 Å². The van der Waals surface area contributed by atoms with Gasteiger partial charge in [0.05, 0.1) is 6.54 Å². The zero-order chi connectivity index (χ0) is 10.1. The molecule has 2 saturated heterocycles. The Morgan fingerprint density at radius 1 is 1.50 bits per heavy atom. The largest absolute Gasteiger partial charge is 0.369 e. The lowest BCUT2D eigenvalue weighted by atomic mass is 10.1. The Kier molecular flexibility index (Phi) is 2.41. The maximum Gasteiger partial charge on any atom is 0.231 e. The molecule has 2 N–H and O–H groups in total. The van der Waals surface area contributed by atoms with Gasteiger partial charge in [0, 0.05) is 32.1 Å². The number of amides is 2. The average Bonchev–Trinajstić information content (AvgIpc) is 2.46. The summed E-state index contributed by atoms with van der Waals surface area (Å²) in [7, 11) is 0. The van der Waals surface area contributed by atoms with E-state index >= 15 is 0 Å². The number of fused-ring (bicyclic) bond motifs is 1. The lowest BCUT2D eigenvalue weighted by Crippen LogP contribution is -2.53. The number of nitrogens with two attached hydrogens (primary N) is 1. The van der Waals surface area contributed by atoms with Crippen molar-refractivity contribution in [3.63, 3.8) is 0 Å². The van der Waals surface area contributed by atoms with Crippen LogP contribution in [0.5, 0.6) is 0 Å². The highest BCUT2D eigenvalue weighted by Gasteiger charge is 2.35. The number of primary amides is 1. The minimum atomic E-state index is -0.289. The third-order valence-electron chi connectivity index (χ3n) is 2.96. The monoisotopic (exact) mass is 197 g/mol. The summed E-state index contributed by atoms with van der Waals surface area (Å²) in [5, 5.41) is 0. The molecule has 0 aromatic rings. The fourth-order valence-electron chi connectivity index (χ4n) is 2.29. The molecule has 2 amide bonds. The predicted molar refractivity (Wildman–Crippen MR) is 50.4 cm³/mol. The second-order valence-electron chi connectivity index (χ2n) is 3.98. The number of carbonyl (C=O) groups excluding carboxylic acids is 2. The van der Waals surface area contributed by atoms with E-state index in [0.29, 0.717) is 19.0 Å². The van der Waals surface area contributed by atoms with Crippen molar-refractivity contribution in [1.29, 1.82) is 0 Å². The number of hydrogen-bond donors (Lipinski definition) is 1. The third kappa shape index (κ3) is 1.72. The van der Waals surface area contributed by atoms with E-state index in [0.717, 1.165) is 26.1 Å². The minimum Gasteiger partial charge on any atom is -0.369 e. The van der Waals surface area contributed by atoms with Crippen molar-refractivity contribution in [2.24, 2.45) is 5.73 Å². The number of hydrogen-bond acceptors (Lipinski definition) is 3. The highest BCUT2D eigenvalue weighted by atomic mass is 16.2. The molecule has 1 unspecified atom stereocenters. The van der Waals surface area contributed by atoms with Crippen LogP contribution >= 0.6 is 0 Å². The molecule has 5 heteroatoms. The van der Waals surface area contributed by atoms with Gasteiger partial charge < -0.3 is 10.6 Å². The molecular weight excluding hydrogens is 182 g/mol. The first-order chi connectivity index (χ1) is 6.66. The average molecular weight is 197 g/mol. The van der Waals surface area contributed by atoms with Crippen LogP contribution in [0.1, 0.15) is 12.8 Å². The van der Waals surface area contributed by atoms with E-state index in [1.807, 2.05) is 9.80 Å². The van der Waals surface area contributed by atoms with Crippen molar-refractivity contribution in [3.8, 4) is 0 Å². The quantitative estimate of drug-likeness (QED) is 0.603. The van der Waals surface area contributed by atoms with Crippen LogP contribution in [0.25, 0.3) is 0 Å². The lowest BCUT2D eigenvalue weighted by molar-refractivity contribution is -0.130. The molecule has 2 rings (SSSR count). The molecule has 0 saturated carbocycles. The van der Waals surface area contributed by atoms with Crippen molar-refractivity contribution in [2.45, 2.75) is 18.9 Å². The number of piperazine rings is 1. The van der Waals surface area contributed by atoms with Gasteiger partial charge in [0.2, 0.25) is 11.8 Å². The van der Waals surface area contributed by atoms with Gasteiger partial charge in [0.1, 0.15) is 0 Å². The molecular formula is C9H15N3O2. The minimum absolute atomic E-state index is 0.258. The van der Waals surface area contributed by atoms with Crippen LogP contribution < -0.4 is 5.73 Å². The van der Waals surface area contributed by atoms with Gasteiger partial charge in [-0.2, -0.15) is 0 Å². The Balaban J connectivity index is 1.92. The summed E-state index contributed by atoms with van der Waals surface area (Å²) in [6.45, 7) is 2.63. The Hall–Kier alpha value is -1.10. The van der Waals surface area contributed by atoms with Gasteiger partial charge >= 0.3 is 0 Å². The third-order valence-corrected chi connectivity index (χ3v) is 2.96. The molecule has 0 aromatic heterocycles. The fraction of sp³-hybridized carbons (Fsp3) is 0.778. The van der Waals surface area contributed by atoms with E-state index in [9.17, 15) is 9.59 Å². The van der Waals surface area contributed by atoms with E-state index in [2.05, 4.69) is 0 Å². The van der Waals surface area contributed by atoms with Crippen LogP contribution in [0.3, 0.4) is 0 Å². The number of rotatable bonds is 2. The van der Waals surface area contributed by atoms with Crippen LogP contribution in [0.15, 0.2) is 0 Å². The van der Waals surface area contributed by atoms with Gasteiger partial charge in [0.25, 0.3) is 0 Å². The molecule has 78 valence electrons. The maximum absolute atomic E-state index is 11.4. The maximum atomic E-state index is 11.4. The van der Waals surface area contributed by atoms with E-state index < -0.39 is 0 Å². The van der Waals surface area contributed by atoms with Gasteiger partial charge in [-0.1, -0.05) is 0 Å².